The third-order valence-corrected chi connectivity index (χ3v) is 10.1. The van der Waals surface area contributed by atoms with Crippen LogP contribution in [0.25, 0.3) is 0 Å². The summed E-state index contributed by atoms with van der Waals surface area (Å²) in [6.07, 6.45) is -1.54. The fraction of sp³-hybridized carbons (Fsp3) is 0.406. The lowest BCUT2D eigenvalue weighted by atomic mass is 10.0. The highest BCUT2D eigenvalue weighted by Gasteiger charge is 2.30. The maximum absolute atomic E-state index is 13.2. The van der Waals surface area contributed by atoms with Gasteiger partial charge in [0.2, 0.25) is 15.7 Å². The highest BCUT2D eigenvalue weighted by atomic mass is 32.2. The summed E-state index contributed by atoms with van der Waals surface area (Å²) in [6.45, 7) is 5.16. The van der Waals surface area contributed by atoms with Crippen LogP contribution in [0.5, 0.6) is 0 Å². The second-order valence-corrected chi connectivity index (χ2v) is 13.2. The van der Waals surface area contributed by atoms with E-state index in [9.17, 15) is 30.8 Å². The van der Waals surface area contributed by atoms with Crippen molar-refractivity contribution in [2.45, 2.75) is 47.7 Å². The van der Waals surface area contributed by atoms with Gasteiger partial charge in [0.25, 0.3) is 0 Å². The second kappa shape index (κ2) is 13.6. The number of sulfone groups is 1. The molecule has 2 heterocycles. The van der Waals surface area contributed by atoms with E-state index in [1.54, 1.807) is 12.1 Å². The number of rotatable bonds is 9. The fourth-order valence-electron chi connectivity index (χ4n) is 5.69. The smallest absolute Gasteiger partial charge is 0.382 e. The molecule has 0 aromatic heterocycles. The van der Waals surface area contributed by atoms with E-state index >= 15 is 0 Å². The van der Waals surface area contributed by atoms with Gasteiger partial charge < -0.3 is 15.1 Å². The Hall–Kier alpha value is -3.64. The van der Waals surface area contributed by atoms with Crippen LogP contribution in [-0.2, 0) is 20.8 Å². The second-order valence-electron chi connectivity index (χ2n) is 11.3. The highest BCUT2D eigenvalue weighted by molar-refractivity contribution is 7.91. The number of nitrogens with one attached hydrogen (secondary N) is 1. The molecular formula is C32H36F4N4O3S. The monoisotopic (exact) mass is 632 g/mol. The van der Waals surface area contributed by atoms with Gasteiger partial charge in [-0.05, 0) is 98.6 Å². The van der Waals surface area contributed by atoms with Gasteiger partial charge in [-0.3, -0.25) is 9.69 Å². The van der Waals surface area contributed by atoms with Gasteiger partial charge in [-0.2, -0.15) is 13.2 Å². The van der Waals surface area contributed by atoms with Crippen LogP contribution in [0.3, 0.4) is 0 Å². The van der Waals surface area contributed by atoms with Crippen molar-refractivity contribution >= 4 is 27.1 Å². The Bertz CT molecular complexity index is 1500. The minimum Gasteiger partial charge on any atom is -0.382 e. The van der Waals surface area contributed by atoms with E-state index < -0.39 is 27.4 Å². The number of amides is 1. The van der Waals surface area contributed by atoms with Gasteiger partial charge in [-0.25, -0.2) is 12.8 Å². The molecule has 0 aliphatic carbocycles. The van der Waals surface area contributed by atoms with Crippen LogP contribution >= 0.6 is 0 Å². The number of carbonyl (C=O) groups is 1. The molecule has 2 aliphatic heterocycles. The number of anilines is 2. The molecule has 0 spiro atoms. The summed E-state index contributed by atoms with van der Waals surface area (Å²) < 4.78 is 77.3. The van der Waals surface area contributed by atoms with Crippen molar-refractivity contribution in [1.82, 2.24) is 9.80 Å². The molecule has 0 atom stereocenters. The highest BCUT2D eigenvalue weighted by Crippen LogP contribution is 2.31. The van der Waals surface area contributed by atoms with Gasteiger partial charge >= 0.3 is 6.18 Å². The zero-order valence-corrected chi connectivity index (χ0v) is 25.1. The number of carbonyl (C=O) groups excluding carboxylic acids is 1. The third kappa shape index (κ3) is 7.89. The van der Waals surface area contributed by atoms with Crippen LogP contribution in [0, 0.1) is 5.82 Å². The van der Waals surface area contributed by atoms with E-state index in [0.29, 0.717) is 19.5 Å². The van der Waals surface area contributed by atoms with Crippen molar-refractivity contribution in [3.63, 3.8) is 0 Å². The first-order chi connectivity index (χ1) is 21.0. The molecule has 3 aromatic carbocycles. The number of piperidine rings is 1. The first-order valence-corrected chi connectivity index (χ1v) is 16.3. The largest absolute Gasteiger partial charge is 0.416 e. The van der Waals surface area contributed by atoms with Crippen LogP contribution < -0.4 is 10.2 Å². The zero-order valence-electron chi connectivity index (χ0n) is 24.3. The average molecular weight is 633 g/mol. The summed E-state index contributed by atoms with van der Waals surface area (Å²) in [4.78, 5) is 19.3. The standard InChI is InChI=1S/C32H36F4N4O3S/c33-25-5-11-29(12-6-25)44(42,43)30-13-7-26(8-14-30)37-27-15-18-40(19-16-27)31(41)2-1-17-38-20-22-39(23-21-38)28-9-3-24(4-10-28)32(34,35)36/h3-14,27,37H,1-2,15-23H2. The first-order valence-electron chi connectivity index (χ1n) is 14.8. The van der Waals surface area contributed by atoms with E-state index in [2.05, 4.69) is 15.1 Å². The molecule has 2 aliphatic rings. The lowest BCUT2D eigenvalue weighted by Gasteiger charge is -2.36. The number of alkyl halides is 3. The molecule has 236 valence electrons. The van der Waals surface area contributed by atoms with E-state index in [4.69, 9.17) is 0 Å². The Balaban J connectivity index is 0.997. The fourth-order valence-corrected chi connectivity index (χ4v) is 6.95. The molecule has 1 N–H and O–H groups in total. The number of benzene rings is 3. The molecule has 0 radical (unpaired) electrons. The Labute approximate surface area is 255 Å². The van der Waals surface area contributed by atoms with Crippen molar-refractivity contribution in [2.24, 2.45) is 0 Å². The molecule has 44 heavy (non-hydrogen) atoms. The van der Waals surface area contributed by atoms with Crippen LogP contribution in [0.15, 0.2) is 82.6 Å². The summed E-state index contributed by atoms with van der Waals surface area (Å²) in [7, 11) is -3.73. The van der Waals surface area contributed by atoms with Crippen molar-refractivity contribution in [2.75, 3.05) is 56.0 Å². The van der Waals surface area contributed by atoms with E-state index in [1.807, 2.05) is 4.90 Å². The van der Waals surface area contributed by atoms with Gasteiger partial charge in [-0.1, -0.05) is 0 Å². The van der Waals surface area contributed by atoms with Gasteiger partial charge in [0, 0.05) is 63.1 Å². The van der Waals surface area contributed by atoms with Gasteiger partial charge in [0.1, 0.15) is 5.82 Å². The number of likely N-dealkylation sites (tertiary alicyclic amines) is 1. The predicted octanol–water partition coefficient (Wildman–Crippen LogP) is 5.68. The van der Waals surface area contributed by atoms with E-state index in [1.165, 1.54) is 36.4 Å². The summed E-state index contributed by atoms with van der Waals surface area (Å²) in [5.41, 5.74) is 0.943. The maximum Gasteiger partial charge on any atom is 0.416 e. The molecule has 3 aromatic rings. The van der Waals surface area contributed by atoms with Crippen molar-refractivity contribution in [3.8, 4) is 0 Å². The van der Waals surface area contributed by atoms with Crippen LogP contribution in [0.2, 0.25) is 0 Å². The van der Waals surface area contributed by atoms with Crippen molar-refractivity contribution in [1.29, 1.82) is 0 Å². The Kier molecular flexibility index (Phi) is 9.79. The van der Waals surface area contributed by atoms with Crippen LogP contribution in [0.4, 0.5) is 28.9 Å². The number of piperazine rings is 1. The zero-order chi connectivity index (χ0) is 31.3. The molecule has 1 amide bonds. The maximum atomic E-state index is 13.2. The molecule has 0 bridgehead atoms. The first kappa shape index (κ1) is 31.8. The van der Waals surface area contributed by atoms with Gasteiger partial charge in [-0.15, -0.1) is 0 Å². The molecular weight excluding hydrogens is 596 g/mol. The molecule has 0 saturated carbocycles. The number of hydrogen-bond donors (Lipinski definition) is 1. The average Bonchev–Trinajstić information content (AvgIpc) is 3.02. The summed E-state index contributed by atoms with van der Waals surface area (Å²) in [5, 5.41) is 3.43. The van der Waals surface area contributed by atoms with Crippen LogP contribution in [0.1, 0.15) is 31.2 Å². The number of halogens is 4. The summed E-state index contributed by atoms with van der Waals surface area (Å²) >= 11 is 0. The lowest BCUT2D eigenvalue weighted by Crippen LogP contribution is -2.47. The SMILES string of the molecule is O=C(CCCN1CCN(c2ccc(C(F)(F)F)cc2)CC1)N1CCC(Nc2ccc(S(=O)(=O)c3ccc(F)cc3)cc2)CC1. The Morgan fingerprint density at radius 1 is 0.795 bits per heavy atom. The van der Waals surface area contributed by atoms with Gasteiger partial charge in [0.15, 0.2) is 0 Å². The summed E-state index contributed by atoms with van der Waals surface area (Å²) in [5.74, 6) is -0.355. The van der Waals surface area contributed by atoms with E-state index in [0.717, 1.165) is 87.6 Å². The van der Waals surface area contributed by atoms with E-state index in [-0.39, 0.29) is 21.7 Å². The van der Waals surface area contributed by atoms with Gasteiger partial charge in [0.05, 0.1) is 15.4 Å². The summed E-state index contributed by atoms with van der Waals surface area (Å²) in [6, 6.07) is 16.7. The van der Waals surface area contributed by atoms with Crippen molar-refractivity contribution < 1.29 is 30.8 Å². The quantitative estimate of drug-likeness (QED) is 0.242. The molecule has 2 saturated heterocycles. The topological polar surface area (TPSA) is 73.0 Å². The Morgan fingerprint density at radius 2 is 1.36 bits per heavy atom. The number of hydrogen-bond acceptors (Lipinski definition) is 6. The molecule has 7 nitrogen and oxygen atoms in total. The third-order valence-electron chi connectivity index (χ3n) is 8.30. The minimum atomic E-state index is -4.34. The molecule has 2 fully saturated rings. The molecule has 0 unspecified atom stereocenters. The molecule has 12 heteroatoms. The Morgan fingerprint density at radius 3 is 1.93 bits per heavy atom. The normalized spacial score (nSPS) is 17.1. The minimum absolute atomic E-state index is 0.0379. The van der Waals surface area contributed by atoms with Crippen LogP contribution in [-0.4, -0.2) is 76.0 Å². The number of nitrogens with zero attached hydrogens (tertiary/aromatic N) is 3. The predicted molar refractivity (Wildman–Crippen MR) is 161 cm³/mol. The lowest BCUT2D eigenvalue weighted by molar-refractivity contribution is -0.137. The molecule has 5 rings (SSSR count). The van der Waals surface area contributed by atoms with Crippen molar-refractivity contribution in [3.05, 3.63) is 84.2 Å².